The quantitative estimate of drug-likeness (QED) is 0.525. The van der Waals surface area contributed by atoms with Crippen LogP contribution in [0.25, 0.3) is 0 Å². The minimum absolute atomic E-state index is 0.0174. The second-order valence-electron chi connectivity index (χ2n) is 3.24. The van der Waals surface area contributed by atoms with E-state index in [0.717, 1.165) is 0 Å². The summed E-state index contributed by atoms with van der Waals surface area (Å²) in [6.07, 6.45) is -0.366. The molecule has 0 saturated heterocycles. The Morgan fingerprint density at radius 3 is 2.11 bits per heavy atom. The molecule has 0 rings (SSSR count). The Bertz CT molecular complexity index is 93.6. The molecule has 0 aromatic rings. The molecule has 0 aliphatic heterocycles. The molecule has 0 bridgehead atoms. The molecule has 0 fully saturated rings. The molecule has 0 aliphatic carbocycles. The predicted octanol–water partition coefficient (Wildman–Crippen LogP) is 1.96. The van der Waals surface area contributed by atoms with E-state index >= 15 is 0 Å². The van der Waals surface area contributed by atoms with Crippen molar-refractivity contribution < 1.29 is 9.18 Å². The Labute approximate surface area is 55.3 Å². The molecule has 0 radical (unpaired) electrons. The largest absolute Gasteiger partial charge is 0.303 e. The number of alkyl halides is 1. The van der Waals surface area contributed by atoms with E-state index in [9.17, 15) is 9.18 Å². The van der Waals surface area contributed by atoms with Crippen LogP contribution in [0.2, 0.25) is 0 Å². The van der Waals surface area contributed by atoms with Crippen molar-refractivity contribution >= 4 is 6.29 Å². The van der Waals surface area contributed by atoms with Gasteiger partial charge in [0.05, 0.1) is 0 Å². The monoisotopic (exact) mass is 132 g/mol. The number of carbonyl (C=O) groups is 1. The maximum atomic E-state index is 12.7. The zero-order valence-electron chi connectivity index (χ0n) is 6.15. The van der Waals surface area contributed by atoms with Crippen molar-refractivity contribution in [1.82, 2.24) is 0 Å². The molecule has 54 valence electrons. The summed E-state index contributed by atoms with van der Waals surface area (Å²) in [5, 5.41) is 0. The molecular formula is C7H13FO. The highest BCUT2D eigenvalue weighted by Crippen LogP contribution is 2.23. The second-order valence-corrected chi connectivity index (χ2v) is 3.24. The third kappa shape index (κ3) is 3.22. The molecule has 0 saturated carbocycles. The van der Waals surface area contributed by atoms with Gasteiger partial charge in [-0.1, -0.05) is 20.8 Å². The maximum absolute atomic E-state index is 12.7. The first kappa shape index (κ1) is 8.60. The minimum atomic E-state index is -1.00. The predicted molar refractivity (Wildman–Crippen MR) is 35.0 cm³/mol. The van der Waals surface area contributed by atoms with Crippen LogP contribution >= 0.6 is 0 Å². The molecule has 0 amide bonds. The second kappa shape index (κ2) is 2.95. The number of hydrogen-bond donors (Lipinski definition) is 0. The van der Waals surface area contributed by atoms with Crippen LogP contribution in [0.3, 0.4) is 0 Å². The zero-order chi connectivity index (χ0) is 7.49. The zero-order valence-corrected chi connectivity index (χ0v) is 6.15. The number of carbonyl (C=O) groups excluding carboxylic acids is 1. The normalized spacial score (nSPS) is 15.1. The van der Waals surface area contributed by atoms with Crippen molar-refractivity contribution in [3.05, 3.63) is 0 Å². The highest BCUT2D eigenvalue weighted by Gasteiger charge is 2.22. The number of aldehydes is 1. The standard InChI is InChI=1S/C7H13FO/c1-7(2,3)6(8)4-5-9/h5-6H,4H2,1-3H3. The summed E-state index contributed by atoms with van der Waals surface area (Å²) >= 11 is 0. The summed E-state index contributed by atoms with van der Waals surface area (Å²) < 4.78 is 12.7. The van der Waals surface area contributed by atoms with E-state index in [-0.39, 0.29) is 11.8 Å². The van der Waals surface area contributed by atoms with Crippen LogP contribution in [0, 0.1) is 5.41 Å². The van der Waals surface area contributed by atoms with Gasteiger partial charge in [-0.05, 0) is 5.41 Å². The molecule has 1 unspecified atom stereocenters. The van der Waals surface area contributed by atoms with Crippen LogP contribution in [0.1, 0.15) is 27.2 Å². The first-order chi connectivity index (χ1) is 3.98. The van der Waals surface area contributed by atoms with Crippen molar-refractivity contribution in [3.63, 3.8) is 0 Å². The Morgan fingerprint density at radius 2 is 2.00 bits per heavy atom. The van der Waals surface area contributed by atoms with Crippen molar-refractivity contribution in [2.24, 2.45) is 5.41 Å². The Balaban J connectivity index is 3.72. The molecule has 1 nitrogen and oxygen atoms in total. The van der Waals surface area contributed by atoms with Gasteiger partial charge < -0.3 is 4.79 Å². The van der Waals surface area contributed by atoms with Crippen LogP contribution in [-0.4, -0.2) is 12.5 Å². The van der Waals surface area contributed by atoms with Gasteiger partial charge in [-0.25, -0.2) is 4.39 Å². The van der Waals surface area contributed by atoms with E-state index in [1.165, 1.54) is 0 Å². The van der Waals surface area contributed by atoms with Crippen LogP contribution < -0.4 is 0 Å². The molecule has 0 aliphatic rings. The van der Waals surface area contributed by atoms with E-state index in [0.29, 0.717) is 6.29 Å². The summed E-state index contributed by atoms with van der Waals surface area (Å²) in [5.41, 5.74) is -0.388. The van der Waals surface area contributed by atoms with Crippen molar-refractivity contribution in [3.8, 4) is 0 Å². The third-order valence-electron chi connectivity index (χ3n) is 1.24. The summed E-state index contributed by atoms with van der Waals surface area (Å²) in [6.45, 7) is 5.34. The summed E-state index contributed by atoms with van der Waals surface area (Å²) in [6, 6.07) is 0. The SMILES string of the molecule is CC(C)(C)C(F)CC=O. The molecule has 0 heterocycles. The van der Waals surface area contributed by atoms with Gasteiger partial charge in [0.15, 0.2) is 0 Å². The number of hydrogen-bond acceptors (Lipinski definition) is 1. The molecule has 1 atom stereocenters. The van der Waals surface area contributed by atoms with Gasteiger partial charge in [0, 0.05) is 6.42 Å². The van der Waals surface area contributed by atoms with Gasteiger partial charge >= 0.3 is 0 Å². The summed E-state index contributed by atoms with van der Waals surface area (Å²) in [5.74, 6) is 0. The fraction of sp³-hybridized carbons (Fsp3) is 0.857. The molecular weight excluding hydrogens is 119 g/mol. The average molecular weight is 132 g/mol. The molecule has 0 spiro atoms. The smallest absolute Gasteiger partial charge is 0.122 e. The Hall–Kier alpha value is -0.400. The Morgan fingerprint density at radius 1 is 1.56 bits per heavy atom. The van der Waals surface area contributed by atoms with Gasteiger partial charge in [0.2, 0.25) is 0 Å². The van der Waals surface area contributed by atoms with E-state index in [1.54, 1.807) is 20.8 Å². The lowest BCUT2D eigenvalue weighted by molar-refractivity contribution is -0.109. The fourth-order valence-corrected chi connectivity index (χ4v) is 0.438. The fourth-order valence-electron chi connectivity index (χ4n) is 0.438. The van der Waals surface area contributed by atoms with Gasteiger partial charge in [-0.15, -0.1) is 0 Å². The summed E-state index contributed by atoms with van der Waals surface area (Å²) in [4.78, 5) is 9.82. The van der Waals surface area contributed by atoms with Gasteiger partial charge in [0.1, 0.15) is 12.5 Å². The first-order valence-electron chi connectivity index (χ1n) is 3.06. The molecule has 0 N–H and O–H groups in total. The van der Waals surface area contributed by atoms with Gasteiger partial charge in [-0.3, -0.25) is 0 Å². The van der Waals surface area contributed by atoms with E-state index in [1.807, 2.05) is 0 Å². The van der Waals surface area contributed by atoms with E-state index in [4.69, 9.17) is 0 Å². The van der Waals surface area contributed by atoms with Crippen LogP contribution in [-0.2, 0) is 4.79 Å². The molecule has 2 heteroatoms. The highest BCUT2D eigenvalue weighted by atomic mass is 19.1. The molecule has 9 heavy (non-hydrogen) atoms. The van der Waals surface area contributed by atoms with Crippen LogP contribution in [0.4, 0.5) is 4.39 Å². The first-order valence-corrected chi connectivity index (χ1v) is 3.06. The van der Waals surface area contributed by atoms with Crippen molar-refractivity contribution in [2.45, 2.75) is 33.4 Å². The highest BCUT2D eigenvalue weighted by molar-refractivity contribution is 5.50. The lowest BCUT2D eigenvalue weighted by Crippen LogP contribution is -2.21. The van der Waals surface area contributed by atoms with Crippen LogP contribution in [0.5, 0.6) is 0 Å². The minimum Gasteiger partial charge on any atom is -0.303 e. The summed E-state index contributed by atoms with van der Waals surface area (Å²) in [7, 11) is 0. The van der Waals surface area contributed by atoms with Crippen molar-refractivity contribution in [2.75, 3.05) is 0 Å². The van der Waals surface area contributed by atoms with Gasteiger partial charge in [0.25, 0.3) is 0 Å². The van der Waals surface area contributed by atoms with Gasteiger partial charge in [-0.2, -0.15) is 0 Å². The average Bonchev–Trinajstić information content (AvgIpc) is 1.64. The van der Waals surface area contributed by atoms with E-state index in [2.05, 4.69) is 0 Å². The Kier molecular flexibility index (Phi) is 2.82. The molecule has 0 aromatic heterocycles. The topological polar surface area (TPSA) is 17.1 Å². The lowest BCUT2D eigenvalue weighted by atomic mass is 9.89. The number of halogens is 1. The lowest BCUT2D eigenvalue weighted by Gasteiger charge is -2.21. The third-order valence-corrected chi connectivity index (χ3v) is 1.24. The van der Waals surface area contributed by atoms with Crippen molar-refractivity contribution in [1.29, 1.82) is 0 Å². The van der Waals surface area contributed by atoms with E-state index < -0.39 is 6.17 Å². The van der Waals surface area contributed by atoms with Crippen LogP contribution in [0.15, 0.2) is 0 Å². The molecule has 0 aromatic carbocycles. The maximum Gasteiger partial charge on any atom is 0.122 e. The number of rotatable bonds is 2.